The third-order valence-electron chi connectivity index (χ3n) is 4.67. The first-order valence-electron chi connectivity index (χ1n) is 8.53. The molecule has 0 aliphatic carbocycles. The number of anilines is 1. The Morgan fingerprint density at radius 3 is 2.50 bits per heavy atom. The molecule has 5 heteroatoms. The number of hydrogen-bond donors (Lipinski definition) is 1. The van der Waals surface area contributed by atoms with Crippen molar-refractivity contribution in [2.45, 2.75) is 34.2 Å². The summed E-state index contributed by atoms with van der Waals surface area (Å²) in [6.07, 6.45) is 0. The summed E-state index contributed by atoms with van der Waals surface area (Å²) >= 11 is 6.25. The molecule has 0 aliphatic heterocycles. The second-order valence-electron chi connectivity index (χ2n) is 6.55. The van der Waals surface area contributed by atoms with Gasteiger partial charge in [-0.25, -0.2) is 0 Å². The Morgan fingerprint density at radius 2 is 1.81 bits per heavy atom. The van der Waals surface area contributed by atoms with Crippen molar-refractivity contribution in [1.82, 2.24) is 9.78 Å². The Morgan fingerprint density at radius 1 is 1.08 bits per heavy atom. The number of nitrogens with zero attached hydrogens (tertiary/aromatic N) is 2. The van der Waals surface area contributed by atoms with E-state index in [-0.39, 0.29) is 5.91 Å². The third kappa shape index (κ3) is 3.65. The molecule has 1 N–H and O–H groups in total. The number of carbonyl (C=O) groups excluding carboxylic acids is 1. The number of aromatic nitrogens is 2. The predicted molar refractivity (Wildman–Crippen MR) is 106 cm³/mol. The highest BCUT2D eigenvalue weighted by Gasteiger charge is 2.16. The molecule has 0 bridgehead atoms. The molecule has 0 aliphatic rings. The van der Waals surface area contributed by atoms with Gasteiger partial charge in [0.15, 0.2) is 0 Å². The van der Waals surface area contributed by atoms with E-state index < -0.39 is 0 Å². The van der Waals surface area contributed by atoms with Crippen molar-refractivity contribution in [3.8, 4) is 0 Å². The standard InChI is InChI=1S/C21H22ClN3O/c1-13-9-10-17(11-14(13)2)21(26)23-20-15(3)24-25(16(20)4)12-18-7-5-6-8-19(18)22/h5-11H,12H2,1-4H3,(H,23,26). The fourth-order valence-corrected chi connectivity index (χ4v) is 3.08. The van der Waals surface area contributed by atoms with Crippen molar-refractivity contribution < 1.29 is 4.79 Å². The SMILES string of the molecule is Cc1ccc(C(=O)Nc2c(C)nn(Cc3ccccc3Cl)c2C)cc1C. The molecule has 0 unspecified atom stereocenters. The van der Waals surface area contributed by atoms with Gasteiger partial charge < -0.3 is 5.32 Å². The number of halogens is 1. The van der Waals surface area contributed by atoms with Gasteiger partial charge in [-0.15, -0.1) is 0 Å². The zero-order valence-corrected chi connectivity index (χ0v) is 16.2. The lowest BCUT2D eigenvalue weighted by Gasteiger charge is -2.09. The molecular weight excluding hydrogens is 346 g/mol. The van der Waals surface area contributed by atoms with Crippen LogP contribution in [-0.4, -0.2) is 15.7 Å². The smallest absolute Gasteiger partial charge is 0.255 e. The maximum absolute atomic E-state index is 12.6. The summed E-state index contributed by atoms with van der Waals surface area (Å²) in [5, 5.41) is 8.28. The molecular formula is C21H22ClN3O. The molecule has 26 heavy (non-hydrogen) atoms. The molecule has 0 radical (unpaired) electrons. The molecule has 1 amide bonds. The Hall–Kier alpha value is -2.59. The quantitative estimate of drug-likeness (QED) is 0.699. The number of hydrogen-bond acceptors (Lipinski definition) is 2. The van der Waals surface area contributed by atoms with E-state index in [9.17, 15) is 4.79 Å². The molecule has 0 saturated carbocycles. The van der Waals surface area contributed by atoms with E-state index in [4.69, 9.17) is 11.6 Å². The lowest BCUT2D eigenvalue weighted by atomic mass is 10.1. The number of nitrogens with one attached hydrogen (secondary N) is 1. The normalized spacial score (nSPS) is 10.8. The highest BCUT2D eigenvalue weighted by Crippen LogP contribution is 2.23. The Bertz CT molecular complexity index is 975. The topological polar surface area (TPSA) is 46.9 Å². The van der Waals surface area contributed by atoms with Crippen LogP contribution in [0.4, 0.5) is 5.69 Å². The third-order valence-corrected chi connectivity index (χ3v) is 5.04. The number of amides is 1. The molecule has 1 aromatic heterocycles. The van der Waals surface area contributed by atoms with Gasteiger partial charge in [0.1, 0.15) is 0 Å². The van der Waals surface area contributed by atoms with Gasteiger partial charge in [-0.1, -0.05) is 35.9 Å². The second-order valence-corrected chi connectivity index (χ2v) is 6.96. The van der Waals surface area contributed by atoms with Gasteiger partial charge in [-0.05, 0) is 62.6 Å². The number of aryl methyl sites for hydroxylation is 3. The monoisotopic (exact) mass is 367 g/mol. The lowest BCUT2D eigenvalue weighted by molar-refractivity contribution is 0.102. The van der Waals surface area contributed by atoms with E-state index in [1.165, 1.54) is 5.56 Å². The van der Waals surface area contributed by atoms with E-state index in [0.29, 0.717) is 17.1 Å². The first-order chi connectivity index (χ1) is 12.4. The van der Waals surface area contributed by atoms with Crippen LogP contribution in [0.3, 0.4) is 0 Å². The van der Waals surface area contributed by atoms with E-state index in [0.717, 1.165) is 28.2 Å². The van der Waals surface area contributed by atoms with E-state index in [1.807, 2.05) is 74.8 Å². The van der Waals surface area contributed by atoms with Gasteiger partial charge in [0.25, 0.3) is 5.91 Å². The van der Waals surface area contributed by atoms with Gasteiger partial charge in [-0.3, -0.25) is 9.48 Å². The van der Waals surface area contributed by atoms with Crippen LogP contribution in [0, 0.1) is 27.7 Å². The van der Waals surface area contributed by atoms with Crippen molar-refractivity contribution in [2.24, 2.45) is 0 Å². The molecule has 134 valence electrons. The van der Waals surface area contributed by atoms with Crippen LogP contribution in [0.15, 0.2) is 42.5 Å². The van der Waals surface area contributed by atoms with Crippen LogP contribution < -0.4 is 5.32 Å². The summed E-state index contributed by atoms with van der Waals surface area (Å²) in [4.78, 5) is 12.6. The number of rotatable bonds is 4. The van der Waals surface area contributed by atoms with Crippen LogP contribution in [-0.2, 0) is 6.54 Å². The van der Waals surface area contributed by atoms with Crippen molar-refractivity contribution in [2.75, 3.05) is 5.32 Å². The number of carbonyl (C=O) groups is 1. The van der Waals surface area contributed by atoms with E-state index in [2.05, 4.69) is 10.4 Å². The Labute approximate surface area is 158 Å². The zero-order chi connectivity index (χ0) is 18.8. The fraction of sp³-hybridized carbons (Fsp3) is 0.238. The molecule has 1 heterocycles. The largest absolute Gasteiger partial charge is 0.319 e. The van der Waals surface area contributed by atoms with Crippen molar-refractivity contribution in [1.29, 1.82) is 0 Å². The summed E-state index contributed by atoms with van der Waals surface area (Å²) in [6, 6.07) is 13.4. The van der Waals surface area contributed by atoms with Gasteiger partial charge in [-0.2, -0.15) is 5.10 Å². The maximum atomic E-state index is 12.6. The fourth-order valence-electron chi connectivity index (χ4n) is 2.89. The van der Waals surface area contributed by atoms with E-state index >= 15 is 0 Å². The average molecular weight is 368 g/mol. The lowest BCUT2D eigenvalue weighted by Crippen LogP contribution is -2.13. The van der Waals surface area contributed by atoms with Gasteiger partial charge >= 0.3 is 0 Å². The summed E-state index contributed by atoms with van der Waals surface area (Å²) in [7, 11) is 0. The predicted octanol–water partition coefficient (Wildman–Crippen LogP) is 5.07. The highest BCUT2D eigenvalue weighted by molar-refractivity contribution is 6.31. The van der Waals surface area contributed by atoms with Crippen LogP contribution in [0.2, 0.25) is 5.02 Å². The molecule has 0 atom stereocenters. The summed E-state index contributed by atoms with van der Waals surface area (Å²) in [5.74, 6) is -0.128. The first-order valence-corrected chi connectivity index (χ1v) is 8.90. The molecule has 2 aromatic carbocycles. The molecule has 3 rings (SSSR count). The molecule has 4 nitrogen and oxygen atoms in total. The van der Waals surface area contributed by atoms with Crippen LogP contribution >= 0.6 is 11.6 Å². The number of benzene rings is 2. The second kappa shape index (κ2) is 7.34. The van der Waals surface area contributed by atoms with Crippen LogP contribution in [0.1, 0.15) is 38.4 Å². The highest BCUT2D eigenvalue weighted by atomic mass is 35.5. The zero-order valence-electron chi connectivity index (χ0n) is 15.4. The Kier molecular flexibility index (Phi) is 5.14. The Balaban J connectivity index is 1.85. The first kappa shape index (κ1) is 18.2. The van der Waals surface area contributed by atoms with Crippen molar-refractivity contribution in [3.05, 3.63) is 81.1 Å². The molecule has 0 fully saturated rings. The summed E-state index contributed by atoms with van der Waals surface area (Å²) in [6.45, 7) is 8.44. The van der Waals surface area contributed by atoms with Crippen LogP contribution in [0.25, 0.3) is 0 Å². The average Bonchev–Trinajstić information content (AvgIpc) is 2.87. The molecule has 0 spiro atoms. The van der Waals surface area contributed by atoms with Gasteiger partial charge in [0.05, 0.1) is 23.6 Å². The minimum Gasteiger partial charge on any atom is -0.319 e. The molecule has 0 saturated heterocycles. The van der Waals surface area contributed by atoms with Crippen LogP contribution in [0.5, 0.6) is 0 Å². The summed E-state index contributed by atoms with van der Waals surface area (Å²) < 4.78 is 1.87. The molecule has 3 aromatic rings. The minimum absolute atomic E-state index is 0.128. The van der Waals surface area contributed by atoms with Crippen molar-refractivity contribution in [3.63, 3.8) is 0 Å². The maximum Gasteiger partial charge on any atom is 0.255 e. The van der Waals surface area contributed by atoms with Gasteiger partial charge in [0, 0.05) is 10.6 Å². The minimum atomic E-state index is -0.128. The summed E-state index contributed by atoms with van der Waals surface area (Å²) in [5.41, 5.74) is 6.34. The van der Waals surface area contributed by atoms with E-state index in [1.54, 1.807) is 0 Å². The van der Waals surface area contributed by atoms with Crippen molar-refractivity contribution >= 4 is 23.2 Å². The van der Waals surface area contributed by atoms with Gasteiger partial charge in [0.2, 0.25) is 0 Å².